The minimum absolute atomic E-state index is 0. The lowest BCUT2D eigenvalue weighted by molar-refractivity contribution is -0.00000381. The summed E-state index contributed by atoms with van der Waals surface area (Å²) in [6.07, 6.45) is 2.00. The van der Waals surface area contributed by atoms with Crippen LogP contribution in [0, 0.1) is 0 Å². The zero-order valence-electron chi connectivity index (χ0n) is 11.3. The largest absolute Gasteiger partial charge is 1.00 e. The molecule has 0 radical (unpaired) electrons. The van der Waals surface area contributed by atoms with Gasteiger partial charge in [0.1, 0.15) is 18.8 Å². The van der Waals surface area contributed by atoms with Gasteiger partial charge in [-0.05, 0) is 18.2 Å². The second-order valence-electron chi connectivity index (χ2n) is 4.85. The average molecular weight is 318 g/mol. The molecule has 0 aliphatic rings. The fourth-order valence-corrected chi connectivity index (χ4v) is 2.32. The van der Waals surface area contributed by atoms with E-state index in [1.54, 1.807) is 0 Å². The second kappa shape index (κ2) is 7.27. The van der Waals surface area contributed by atoms with E-state index in [1.807, 2.05) is 6.08 Å². The summed E-state index contributed by atoms with van der Waals surface area (Å²) in [7, 11) is 2.25. The molecule has 0 spiro atoms. The van der Waals surface area contributed by atoms with Crippen molar-refractivity contribution in [1.29, 1.82) is 0 Å². The third kappa shape index (κ3) is 4.05. The highest BCUT2D eigenvalue weighted by Gasteiger charge is 2.23. The summed E-state index contributed by atoms with van der Waals surface area (Å²) >= 11 is 0. The minimum atomic E-state index is 0. The summed E-state index contributed by atoms with van der Waals surface area (Å²) in [5.74, 6) is 0. The van der Waals surface area contributed by atoms with E-state index in [2.05, 4.69) is 74.3 Å². The van der Waals surface area contributed by atoms with Crippen molar-refractivity contribution < 1.29 is 17.0 Å². The Balaban J connectivity index is 0.00000180. The normalized spacial score (nSPS) is 13.1. The molecule has 2 rings (SSSR count). The quantitative estimate of drug-likeness (QED) is 0.570. The van der Waals surface area contributed by atoms with E-state index in [-0.39, 0.29) is 17.0 Å². The first kappa shape index (κ1) is 15.7. The van der Waals surface area contributed by atoms with Gasteiger partial charge in [0.2, 0.25) is 0 Å². The number of nitrogens with zero attached hydrogens (tertiary/aromatic N) is 1. The number of likely N-dealkylation sites (N-methyl/N-ethyl adjacent to an activating group) is 1. The summed E-state index contributed by atoms with van der Waals surface area (Å²) in [4.78, 5) is 0. The van der Waals surface area contributed by atoms with Crippen LogP contribution in [0.3, 0.4) is 0 Å². The van der Waals surface area contributed by atoms with Crippen LogP contribution < -0.4 is 21.5 Å². The highest BCUT2D eigenvalue weighted by atomic mass is 79.9. The summed E-state index contributed by atoms with van der Waals surface area (Å²) in [6.45, 7) is 5.81. The maximum atomic E-state index is 3.90. The molecule has 1 unspecified atom stereocenters. The number of rotatable bonds is 5. The van der Waals surface area contributed by atoms with Gasteiger partial charge >= 0.3 is 0 Å². The van der Waals surface area contributed by atoms with Crippen LogP contribution >= 0.6 is 0 Å². The molecule has 100 valence electrons. The molecular weight excluding hydrogens is 298 g/mol. The number of para-hydroxylation sites is 1. The van der Waals surface area contributed by atoms with Crippen molar-refractivity contribution in [3.63, 3.8) is 0 Å². The number of halogens is 1. The first-order valence-corrected chi connectivity index (χ1v) is 6.29. The molecule has 19 heavy (non-hydrogen) atoms. The van der Waals surface area contributed by atoms with Gasteiger partial charge in [0, 0.05) is 5.56 Å². The molecule has 1 nitrogen and oxygen atoms in total. The lowest BCUT2D eigenvalue weighted by Gasteiger charge is -2.33. The molecule has 2 heteroatoms. The fraction of sp³-hybridized carbons (Fsp3) is 0.176. The first-order valence-electron chi connectivity index (χ1n) is 6.29. The molecule has 2 aromatic rings. The van der Waals surface area contributed by atoms with Crippen LogP contribution in [-0.2, 0) is 6.54 Å². The first-order chi connectivity index (χ1) is 8.74. The maximum absolute atomic E-state index is 3.90. The van der Waals surface area contributed by atoms with Crippen LogP contribution in [0.15, 0.2) is 73.3 Å². The van der Waals surface area contributed by atoms with Crippen LogP contribution in [0.5, 0.6) is 0 Å². The zero-order chi connectivity index (χ0) is 12.8. The van der Waals surface area contributed by atoms with Gasteiger partial charge < -0.3 is 17.0 Å². The molecule has 0 saturated carbocycles. The van der Waals surface area contributed by atoms with E-state index >= 15 is 0 Å². The van der Waals surface area contributed by atoms with Crippen LogP contribution in [0.4, 0.5) is 5.69 Å². The van der Waals surface area contributed by atoms with E-state index < -0.39 is 0 Å². The lowest BCUT2D eigenvalue weighted by atomic mass is 10.1. The van der Waals surface area contributed by atoms with Gasteiger partial charge in [0.15, 0.2) is 0 Å². The molecule has 0 aromatic heterocycles. The smallest absolute Gasteiger partial charge is 0.133 e. The highest BCUT2D eigenvalue weighted by molar-refractivity contribution is 5.43. The van der Waals surface area contributed by atoms with Crippen LogP contribution in [-0.4, -0.2) is 13.6 Å². The molecule has 0 saturated heterocycles. The standard InChI is InChI=1S/C17H20N.BrH/c1-3-14-18(2,17-12-8-5-9-13-17)15-16-10-6-4-7-11-16;/h3-13H,1,14-15H2,2H3;1H/q+1;/p-1. The average Bonchev–Trinajstić information content (AvgIpc) is 2.41. The van der Waals surface area contributed by atoms with E-state index in [4.69, 9.17) is 0 Å². The van der Waals surface area contributed by atoms with Crippen LogP contribution in [0.25, 0.3) is 0 Å². The van der Waals surface area contributed by atoms with E-state index in [0.717, 1.165) is 17.6 Å². The summed E-state index contributed by atoms with van der Waals surface area (Å²) < 4.78 is 0.856. The van der Waals surface area contributed by atoms with Crippen molar-refractivity contribution >= 4 is 5.69 Å². The molecule has 0 heterocycles. The molecular formula is C17H20BrN. The van der Waals surface area contributed by atoms with Crippen molar-refractivity contribution in [2.45, 2.75) is 6.54 Å². The van der Waals surface area contributed by atoms with Gasteiger partial charge in [0.25, 0.3) is 0 Å². The third-order valence-corrected chi connectivity index (χ3v) is 3.29. The van der Waals surface area contributed by atoms with E-state index in [1.165, 1.54) is 11.3 Å². The molecule has 0 amide bonds. The van der Waals surface area contributed by atoms with Gasteiger partial charge in [-0.2, -0.15) is 0 Å². The highest BCUT2D eigenvalue weighted by Crippen LogP contribution is 2.23. The Morgan fingerprint density at radius 3 is 2.00 bits per heavy atom. The molecule has 0 aliphatic heterocycles. The number of benzene rings is 2. The molecule has 0 aliphatic carbocycles. The van der Waals surface area contributed by atoms with Gasteiger partial charge in [-0.25, -0.2) is 0 Å². The minimum Gasteiger partial charge on any atom is -1.00 e. The predicted molar refractivity (Wildman–Crippen MR) is 79.4 cm³/mol. The monoisotopic (exact) mass is 317 g/mol. The summed E-state index contributed by atoms with van der Waals surface area (Å²) in [6, 6.07) is 21.2. The van der Waals surface area contributed by atoms with Gasteiger partial charge in [-0.3, -0.25) is 4.48 Å². The maximum Gasteiger partial charge on any atom is 0.133 e. The van der Waals surface area contributed by atoms with Crippen molar-refractivity contribution in [1.82, 2.24) is 4.48 Å². The molecule has 0 N–H and O–H groups in total. The van der Waals surface area contributed by atoms with E-state index in [0.29, 0.717) is 0 Å². The van der Waals surface area contributed by atoms with Crippen molar-refractivity contribution in [3.8, 4) is 0 Å². The van der Waals surface area contributed by atoms with Crippen molar-refractivity contribution in [2.75, 3.05) is 13.6 Å². The number of quaternary nitrogens is 1. The summed E-state index contributed by atoms with van der Waals surface area (Å²) in [5, 5.41) is 0. The topological polar surface area (TPSA) is 0 Å². The number of hydrogen-bond acceptors (Lipinski definition) is 0. The van der Waals surface area contributed by atoms with Crippen molar-refractivity contribution in [3.05, 3.63) is 78.9 Å². The Morgan fingerprint density at radius 1 is 0.947 bits per heavy atom. The fourth-order valence-electron chi connectivity index (χ4n) is 2.32. The van der Waals surface area contributed by atoms with Gasteiger partial charge in [-0.15, -0.1) is 0 Å². The SMILES string of the molecule is C=CC[N+](C)(Cc1ccccc1)c1ccccc1.[Br-]. The summed E-state index contributed by atoms with van der Waals surface area (Å²) in [5.41, 5.74) is 2.67. The Labute approximate surface area is 126 Å². The Kier molecular flexibility index (Phi) is 6.00. The zero-order valence-corrected chi connectivity index (χ0v) is 12.9. The number of hydrogen-bond donors (Lipinski definition) is 0. The van der Waals surface area contributed by atoms with Crippen LogP contribution in [0.2, 0.25) is 0 Å². The predicted octanol–water partition coefficient (Wildman–Crippen LogP) is 1.01. The Hall–Kier alpha value is -1.38. The van der Waals surface area contributed by atoms with Gasteiger partial charge in [0.05, 0.1) is 7.05 Å². The molecule has 1 atom stereocenters. The Bertz CT molecular complexity index is 495. The Morgan fingerprint density at radius 2 is 1.47 bits per heavy atom. The lowest BCUT2D eigenvalue weighted by Crippen LogP contribution is -3.00. The second-order valence-corrected chi connectivity index (χ2v) is 4.85. The molecule has 0 bridgehead atoms. The van der Waals surface area contributed by atoms with Crippen molar-refractivity contribution in [2.24, 2.45) is 0 Å². The molecule has 2 aromatic carbocycles. The van der Waals surface area contributed by atoms with Gasteiger partial charge in [-0.1, -0.05) is 55.1 Å². The third-order valence-electron chi connectivity index (χ3n) is 3.29. The molecule has 0 fully saturated rings. The van der Waals surface area contributed by atoms with Crippen LogP contribution in [0.1, 0.15) is 5.56 Å². The van der Waals surface area contributed by atoms with E-state index in [9.17, 15) is 0 Å².